The van der Waals surface area contributed by atoms with Crippen molar-refractivity contribution in [1.29, 1.82) is 0 Å². The average molecular weight is 257 g/mol. The van der Waals surface area contributed by atoms with Gasteiger partial charge in [-0.1, -0.05) is 6.07 Å². The van der Waals surface area contributed by atoms with Crippen LogP contribution in [0.2, 0.25) is 0 Å². The third kappa shape index (κ3) is 1.98. The molecule has 1 aliphatic heterocycles. The maximum Gasteiger partial charge on any atom is 0.416 e. The van der Waals surface area contributed by atoms with Crippen LogP contribution in [-0.2, 0) is 12.7 Å². The Morgan fingerprint density at radius 1 is 1.17 bits per heavy atom. The summed E-state index contributed by atoms with van der Waals surface area (Å²) >= 11 is 0. The van der Waals surface area contributed by atoms with Gasteiger partial charge in [-0.2, -0.15) is 13.2 Å². The molecule has 0 saturated heterocycles. The lowest BCUT2D eigenvalue weighted by Crippen LogP contribution is -2.41. The Morgan fingerprint density at radius 2 is 1.78 bits per heavy atom. The quantitative estimate of drug-likeness (QED) is 0.697. The molecule has 1 aromatic carbocycles. The van der Waals surface area contributed by atoms with Gasteiger partial charge >= 0.3 is 6.18 Å². The van der Waals surface area contributed by atoms with Gasteiger partial charge < -0.3 is 4.90 Å². The highest BCUT2D eigenvalue weighted by atomic mass is 19.4. The molecule has 0 saturated carbocycles. The minimum Gasteiger partial charge on any atom is -0.329 e. The fourth-order valence-corrected chi connectivity index (χ4v) is 2.14. The molecule has 0 N–H and O–H groups in total. The zero-order valence-electron chi connectivity index (χ0n) is 10.4. The molecule has 2 rings (SSSR count). The van der Waals surface area contributed by atoms with Crippen LogP contribution in [0.1, 0.15) is 42.3 Å². The number of amides is 1. The first-order valence-corrected chi connectivity index (χ1v) is 5.63. The monoisotopic (exact) mass is 257 g/mol. The molecule has 0 bridgehead atoms. The number of alkyl halides is 3. The number of hydrogen-bond acceptors (Lipinski definition) is 1. The highest BCUT2D eigenvalue weighted by Crippen LogP contribution is 2.38. The van der Waals surface area contributed by atoms with Crippen LogP contribution in [0.3, 0.4) is 0 Å². The summed E-state index contributed by atoms with van der Waals surface area (Å²) in [6.45, 7) is 5.45. The number of hydrogen-bond donors (Lipinski definition) is 0. The number of nitrogens with zero attached hydrogens (tertiary/aromatic N) is 1. The van der Waals surface area contributed by atoms with Gasteiger partial charge in [-0.15, -0.1) is 0 Å². The fraction of sp³-hybridized carbons (Fsp3) is 0.462. The Labute approximate surface area is 103 Å². The highest BCUT2D eigenvalue weighted by molar-refractivity contribution is 5.99. The molecular weight excluding hydrogens is 243 g/mol. The van der Waals surface area contributed by atoms with Crippen LogP contribution in [0.15, 0.2) is 18.2 Å². The zero-order chi connectivity index (χ0) is 13.7. The summed E-state index contributed by atoms with van der Waals surface area (Å²) < 4.78 is 38.6. The summed E-state index contributed by atoms with van der Waals surface area (Å²) in [7, 11) is 0. The van der Waals surface area contributed by atoms with E-state index in [1.165, 1.54) is 17.0 Å². The van der Waals surface area contributed by atoms with Gasteiger partial charge in [-0.3, -0.25) is 4.79 Å². The Bertz CT molecular complexity index is 500. The summed E-state index contributed by atoms with van der Waals surface area (Å²) in [5, 5.41) is 0. The largest absolute Gasteiger partial charge is 0.416 e. The van der Waals surface area contributed by atoms with Crippen LogP contribution in [0.4, 0.5) is 13.2 Å². The van der Waals surface area contributed by atoms with E-state index in [1.54, 1.807) is 0 Å². The third-order valence-corrected chi connectivity index (χ3v) is 3.08. The van der Waals surface area contributed by atoms with Crippen molar-refractivity contribution in [3.63, 3.8) is 0 Å². The predicted octanol–water partition coefficient (Wildman–Crippen LogP) is 3.46. The summed E-state index contributed by atoms with van der Waals surface area (Å²) in [6.07, 6.45) is -4.42. The van der Waals surface area contributed by atoms with E-state index < -0.39 is 17.3 Å². The topological polar surface area (TPSA) is 20.3 Å². The lowest BCUT2D eigenvalue weighted by Gasteiger charge is -2.31. The third-order valence-electron chi connectivity index (χ3n) is 3.08. The van der Waals surface area contributed by atoms with Gasteiger partial charge in [0.1, 0.15) is 0 Å². The van der Waals surface area contributed by atoms with Crippen molar-refractivity contribution in [1.82, 2.24) is 4.90 Å². The van der Waals surface area contributed by atoms with Crippen molar-refractivity contribution in [3.8, 4) is 0 Å². The van der Waals surface area contributed by atoms with E-state index in [2.05, 4.69) is 0 Å². The maximum absolute atomic E-state index is 12.9. The first kappa shape index (κ1) is 12.9. The maximum atomic E-state index is 12.9. The molecule has 2 nitrogen and oxygen atoms in total. The highest BCUT2D eigenvalue weighted by Gasteiger charge is 2.41. The van der Waals surface area contributed by atoms with Crippen LogP contribution in [0.25, 0.3) is 0 Å². The minimum absolute atomic E-state index is 0.0212. The Kier molecular flexibility index (Phi) is 2.68. The Morgan fingerprint density at radius 3 is 2.28 bits per heavy atom. The molecule has 0 aliphatic carbocycles. The van der Waals surface area contributed by atoms with Crippen LogP contribution in [0.5, 0.6) is 0 Å². The lowest BCUT2D eigenvalue weighted by atomic mass is 10.0. The second kappa shape index (κ2) is 3.73. The van der Waals surface area contributed by atoms with E-state index in [9.17, 15) is 18.0 Å². The fourth-order valence-electron chi connectivity index (χ4n) is 2.14. The van der Waals surface area contributed by atoms with Crippen LogP contribution < -0.4 is 0 Å². The smallest absolute Gasteiger partial charge is 0.329 e. The molecule has 0 atom stereocenters. The molecule has 1 aliphatic rings. The predicted molar refractivity (Wildman–Crippen MR) is 61.1 cm³/mol. The lowest BCUT2D eigenvalue weighted by molar-refractivity contribution is -0.138. The van der Waals surface area contributed by atoms with E-state index >= 15 is 0 Å². The van der Waals surface area contributed by atoms with Gasteiger partial charge in [0.2, 0.25) is 0 Å². The second-order valence-corrected chi connectivity index (χ2v) is 5.39. The second-order valence-electron chi connectivity index (χ2n) is 5.39. The van der Waals surface area contributed by atoms with Crippen LogP contribution in [0, 0.1) is 0 Å². The van der Waals surface area contributed by atoms with E-state index in [-0.39, 0.29) is 23.6 Å². The number of rotatable bonds is 0. The van der Waals surface area contributed by atoms with Crippen LogP contribution >= 0.6 is 0 Å². The molecule has 1 aromatic rings. The molecule has 0 fully saturated rings. The van der Waals surface area contributed by atoms with Gasteiger partial charge in [0.05, 0.1) is 5.56 Å². The number of halogens is 3. The molecule has 0 radical (unpaired) electrons. The molecule has 1 amide bonds. The van der Waals surface area contributed by atoms with E-state index in [4.69, 9.17) is 0 Å². The molecular formula is C13H14F3NO. The van der Waals surface area contributed by atoms with Gasteiger partial charge in [0, 0.05) is 17.6 Å². The molecule has 1 heterocycles. The number of fused-ring (bicyclic) bond motifs is 1. The molecule has 0 aromatic heterocycles. The minimum atomic E-state index is -4.42. The molecule has 0 unspecified atom stereocenters. The Balaban J connectivity index is 2.53. The first-order valence-electron chi connectivity index (χ1n) is 5.63. The summed E-state index contributed by atoms with van der Waals surface area (Å²) in [4.78, 5) is 13.5. The van der Waals surface area contributed by atoms with E-state index in [0.717, 1.165) is 6.07 Å². The van der Waals surface area contributed by atoms with Crippen molar-refractivity contribution in [3.05, 3.63) is 34.9 Å². The van der Waals surface area contributed by atoms with Gasteiger partial charge in [-0.25, -0.2) is 0 Å². The van der Waals surface area contributed by atoms with Crippen LogP contribution in [-0.4, -0.2) is 16.3 Å². The van der Waals surface area contributed by atoms with Gasteiger partial charge in [-0.05, 0) is 38.5 Å². The molecule has 18 heavy (non-hydrogen) atoms. The van der Waals surface area contributed by atoms with Crippen molar-refractivity contribution in [2.24, 2.45) is 0 Å². The SMILES string of the molecule is CC(C)(C)N1Cc2c(cccc2C(F)(F)F)C1=O. The number of benzene rings is 1. The number of carbonyl (C=O) groups excluding carboxylic acids is 1. The summed E-state index contributed by atoms with van der Waals surface area (Å²) in [6, 6.07) is 3.77. The first-order chi connectivity index (χ1) is 8.12. The van der Waals surface area contributed by atoms with E-state index in [0.29, 0.717) is 0 Å². The van der Waals surface area contributed by atoms with Crippen molar-refractivity contribution in [2.75, 3.05) is 0 Å². The Hall–Kier alpha value is -1.52. The average Bonchev–Trinajstić information content (AvgIpc) is 2.54. The zero-order valence-corrected chi connectivity index (χ0v) is 10.4. The summed E-state index contributed by atoms with van der Waals surface area (Å²) in [5.74, 6) is -0.330. The molecule has 0 spiro atoms. The standard InChI is InChI=1S/C13H14F3NO/c1-12(2,3)17-7-9-8(11(17)18)5-4-6-10(9)13(14,15)16/h4-6H,7H2,1-3H3. The normalized spacial score (nSPS) is 16.1. The molecule has 5 heteroatoms. The van der Waals surface area contributed by atoms with Gasteiger partial charge in [0.25, 0.3) is 5.91 Å². The van der Waals surface area contributed by atoms with Crippen molar-refractivity contribution >= 4 is 5.91 Å². The van der Waals surface area contributed by atoms with Gasteiger partial charge in [0.15, 0.2) is 0 Å². The summed E-state index contributed by atoms with van der Waals surface area (Å²) in [5.41, 5.74) is -0.941. The number of carbonyl (C=O) groups is 1. The van der Waals surface area contributed by atoms with Crippen molar-refractivity contribution in [2.45, 2.75) is 39.0 Å². The molecule has 98 valence electrons. The van der Waals surface area contributed by atoms with Crippen molar-refractivity contribution < 1.29 is 18.0 Å². The van der Waals surface area contributed by atoms with E-state index in [1.807, 2.05) is 20.8 Å².